The van der Waals surface area contributed by atoms with E-state index in [0.717, 1.165) is 18.4 Å². The monoisotopic (exact) mass is 274 g/mol. The normalized spacial score (nSPS) is 20.7. The van der Waals surface area contributed by atoms with E-state index in [1.54, 1.807) is 12.1 Å². The molecule has 1 aliphatic carbocycles. The van der Waals surface area contributed by atoms with Crippen LogP contribution in [-0.2, 0) is 6.54 Å². The van der Waals surface area contributed by atoms with Crippen molar-refractivity contribution in [1.29, 1.82) is 0 Å². The van der Waals surface area contributed by atoms with Gasteiger partial charge in [-0.1, -0.05) is 19.3 Å². The van der Waals surface area contributed by atoms with Gasteiger partial charge in [0.2, 0.25) is 0 Å². The quantitative estimate of drug-likeness (QED) is 0.614. The molecule has 1 fully saturated rings. The number of ketones is 1. The van der Waals surface area contributed by atoms with Gasteiger partial charge in [0.25, 0.3) is 5.69 Å². The van der Waals surface area contributed by atoms with Gasteiger partial charge in [0.15, 0.2) is 5.78 Å². The van der Waals surface area contributed by atoms with Crippen LogP contribution in [-0.4, -0.2) is 28.2 Å². The molecule has 0 aromatic heterocycles. The van der Waals surface area contributed by atoms with E-state index in [-0.39, 0.29) is 11.5 Å². The molecule has 0 unspecified atom stereocenters. The van der Waals surface area contributed by atoms with Gasteiger partial charge >= 0.3 is 0 Å². The fraction of sp³-hybridized carbons (Fsp3) is 0.533. The van der Waals surface area contributed by atoms with Crippen molar-refractivity contribution in [2.24, 2.45) is 0 Å². The number of non-ortho nitro benzene ring substituents is 1. The predicted octanol–water partition coefficient (Wildman–Crippen LogP) is 2.93. The zero-order valence-corrected chi connectivity index (χ0v) is 11.4. The van der Waals surface area contributed by atoms with Crippen LogP contribution in [0.25, 0.3) is 0 Å². The van der Waals surface area contributed by atoms with Crippen molar-refractivity contribution < 1.29 is 9.72 Å². The average molecular weight is 274 g/mol. The first-order valence-corrected chi connectivity index (χ1v) is 7.20. The molecular formula is C15H18N2O3. The number of carbonyl (C=O) groups is 1. The molecule has 1 aromatic carbocycles. The minimum atomic E-state index is -0.399. The van der Waals surface area contributed by atoms with E-state index in [1.165, 1.54) is 25.3 Å². The van der Waals surface area contributed by atoms with Crippen molar-refractivity contribution in [2.75, 3.05) is 6.54 Å². The van der Waals surface area contributed by atoms with Crippen LogP contribution in [0.1, 0.15) is 48.0 Å². The lowest BCUT2D eigenvalue weighted by molar-refractivity contribution is -0.384. The van der Waals surface area contributed by atoms with E-state index in [9.17, 15) is 14.9 Å². The largest absolute Gasteiger partial charge is 0.293 e. The summed E-state index contributed by atoms with van der Waals surface area (Å²) in [5, 5.41) is 10.9. The molecule has 106 valence electrons. The summed E-state index contributed by atoms with van der Waals surface area (Å²) >= 11 is 0. The summed E-state index contributed by atoms with van der Waals surface area (Å²) in [5.74, 6) is 0.0896. The highest BCUT2D eigenvalue weighted by atomic mass is 16.6. The molecule has 0 spiro atoms. The van der Waals surface area contributed by atoms with Crippen LogP contribution < -0.4 is 0 Å². The molecule has 1 aromatic rings. The number of nitro groups is 1. The van der Waals surface area contributed by atoms with Gasteiger partial charge in [-0.25, -0.2) is 0 Å². The maximum Gasteiger partial charge on any atom is 0.269 e. The maximum absolute atomic E-state index is 12.2. The second-order valence-electron chi connectivity index (χ2n) is 5.72. The van der Waals surface area contributed by atoms with Gasteiger partial charge in [0.1, 0.15) is 0 Å². The van der Waals surface area contributed by atoms with Gasteiger partial charge in [-0.05, 0) is 24.5 Å². The second kappa shape index (κ2) is 5.32. The number of hydrogen-bond donors (Lipinski definition) is 0. The Morgan fingerprint density at radius 1 is 1.15 bits per heavy atom. The number of benzene rings is 1. The number of Topliss-reactive ketones (excluding diaryl/α,β-unsaturated/α-hetero) is 1. The highest BCUT2D eigenvalue weighted by molar-refractivity contribution is 6.00. The van der Waals surface area contributed by atoms with E-state index in [4.69, 9.17) is 0 Å². The van der Waals surface area contributed by atoms with E-state index in [2.05, 4.69) is 4.90 Å². The van der Waals surface area contributed by atoms with Gasteiger partial charge < -0.3 is 0 Å². The van der Waals surface area contributed by atoms with Gasteiger partial charge in [0, 0.05) is 30.3 Å². The summed E-state index contributed by atoms with van der Waals surface area (Å²) < 4.78 is 0. The Hall–Kier alpha value is -1.75. The van der Waals surface area contributed by atoms with Crippen LogP contribution in [0.5, 0.6) is 0 Å². The van der Waals surface area contributed by atoms with Crippen LogP contribution in [0, 0.1) is 10.1 Å². The molecule has 0 amide bonds. The van der Waals surface area contributed by atoms with Crippen LogP contribution in [0.15, 0.2) is 18.2 Å². The Kier molecular flexibility index (Phi) is 3.53. The first-order valence-electron chi connectivity index (χ1n) is 7.20. The number of hydrogen-bond acceptors (Lipinski definition) is 4. The summed E-state index contributed by atoms with van der Waals surface area (Å²) in [4.78, 5) is 24.9. The molecule has 0 N–H and O–H groups in total. The minimum absolute atomic E-state index is 0.0713. The molecule has 0 bridgehead atoms. The topological polar surface area (TPSA) is 63.5 Å². The van der Waals surface area contributed by atoms with Gasteiger partial charge in [-0.15, -0.1) is 0 Å². The third-order valence-electron chi connectivity index (χ3n) is 4.41. The Balaban J connectivity index is 1.86. The number of carbonyl (C=O) groups excluding carboxylic acids is 1. The SMILES string of the molecule is O=C1CN(C2CCCCC2)Cc2cc([N+](=O)[O-])ccc21. The number of nitrogens with zero attached hydrogens (tertiary/aromatic N) is 2. The van der Waals surface area contributed by atoms with E-state index < -0.39 is 4.92 Å². The van der Waals surface area contributed by atoms with Crippen molar-refractivity contribution in [3.8, 4) is 0 Å². The van der Waals surface area contributed by atoms with Crippen LogP contribution in [0.4, 0.5) is 5.69 Å². The molecule has 0 saturated heterocycles. The summed E-state index contributed by atoms with van der Waals surface area (Å²) in [6.45, 7) is 1.11. The van der Waals surface area contributed by atoms with Gasteiger partial charge in [0.05, 0.1) is 11.5 Å². The fourth-order valence-electron chi connectivity index (χ4n) is 3.35. The Morgan fingerprint density at radius 3 is 2.60 bits per heavy atom. The Labute approximate surface area is 117 Å². The third-order valence-corrected chi connectivity index (χ3v) is 4.41. The molecule has 5 nitrogen and oxygen atoms in total. The maximum atomic E-state index is 12.2. The van der Waals surface area contributed by atoms with Crippen molar-refractivity contribution >= 4 is 11.5 Å². The summed E-state index contributed by atoms with van der Waals surface area (Å²) in [6, 6.07) is 5.04. The number of fused-ring (bicyclic) bond motifs is 1. The molecule has 3 rings (SSSR count). The van der Waals surface area contributed by atoms with Crippen LogP contribution >= 0.6 is 0 Å². The highest BCUT2D eigenvalue weighted by Gasteiger charge is 2.30. The summed E-state index contributed by atoms with van der Waals surface area (Å²) in [5.41, 5.74) is 1.53. The van der Waals surface area contributed by atoms with Crippen molar-refractivity contribution in [2.45, 2.75) is 44.7 Å². The molecule has 20 heavy (non-hydrogen) atoms. The van der Waals surface area contributed by atoms with Gasteiger partial charge in [-0.2, -0.15) is 0 Å². The lowest BCUT2D eigenvalue weighted by Crippen LogP contribution is -2.43. The summed E-state index contributed by atoms with van der Waals surface area (Å²) in [7, 11) is 0. The Bertz CT molecular complexity index is 550. The molecule has 5 heteroatoms. The minimum Gasteiger partial charge on any atom is -0.293 e. The number of nitro benzene ring substituents is 1. The fourth-order valence-corrected chi connectivity index (χ4v) is 3.35. The molecule has 0 radical (unpaired) electrons. The van der Waals surface area contributed by atoms with E-state index >= 15 is 0 Å². The van der Waals surface area contributed by atoms with E-state index in [0.29, 0.717) is 24.7 Å². The standard InChI is InChI=1S/C15H18N2O3/c18-15-10-16(12-4-2-1-3-5-12)9-11-8-13(17(19)20)6-7-14(11)15/h6-8,12H,1-5,9-10H2. The highest BCUT2D eigenvalue weighted by Crippen LogP contribution is 2.29. The second-order valence-corrected chi connectivity index (χ2v) is 5.72. The first-order chi connectivity index (χ1) is 9.65. The first kappa shape index (κ1) is 13.2. The number of rotatable bonds is 2. The van der Waals surface area contributed by atoms with Gasteiger partial charge in [-0.3, -0.25) is 19.8 Å². The molecule has 1 aliphatic heterocycles. The van der Waals surface area contributed by atoms with Crippen molar-refractivity contribution in [3.63, 3.8) is 0 Å². The van der Waals surface area contributed by atoms with Crippen LogP contribution in [0.2, 0.25) is 0 Å². The molecule has 1 heterocycles. The third kappa shape index (κ3) is 2.45. The van der Waals surface area contributed by atoms with E-state index in [1.807, 2.05) is 0 Å². The Morgan fingerprint density at radius 2 is 1.90 bits per heavy atom. The summed E-state index contributed by atoms with van der Waals surface area (Å²) in [6.07, 6.45) is 5.99. The molecule has 0 atom stereocenters. The lowest BCUT2D eigenvalue weighted by atomic mass is 9.90. The van der Waals surface area contributed by atoms with Crippen molar-refractivity contribution in [3.05, 3.63) is 39.4 Å². The lowest BCUT2D eigenvalue weighted by Gasteiger charge is -2.36. The van der Waals surface area contributed by atoms with Crippen LogP contribution in [0.3, 0.4) is 0 Å². The molecule has 1 saturated carbocycles. The zero-order chi connectivity index (χ0) is 14.1. The molecule has 2 aliphatic rings. The predicted molar refractivity (Wildman–Crippen MR) is 74.7 cm³/mol. The zero-order valence-electron chi connectivity index (χ0n) is 11.4. The molecular weight excluding hydrogens is 256 g/mol. The average Bonchev–Trinajstić information content (AvgIpc) is 2.47. The van der Waals surface area contributed by atoms with Crippen molar-refractivity contribution in [1.82, 2.24) is 4.90 Å². The smallest absolute Gasteiger partial charge is 0.269 e.